The largest absolute Gasteiger partial charge is 0.490 e. The Morgan fingerprint density at radius 1 is 1.42 bits per heavy atom. The molecule has 2 aliphatic heterocycles. The highest BCUT2D eigenvalue weighted by molar-refractivity contribution is 9.10. The summed E-state index contributed by atoms with van der Waals surface area (Å²) in [4.78, 5) is 15.1. The minimum absolute atomic E-state index is 0.0465. The first kappa shape index (κ1) is 16.0. The molecule has 0 saturated heterocycles. The number of ether oxygens (including phenoxy) is 1. The fourth-order valence-electron chi connectivity index (χ4n) is 3.29. The summed E-state index contributed by atoms with van der Waals surface area (Å²) in [6.07, 6.45) is 0.944. The minimum Gasteiger partial charge on any atom is -0.490 e. The number of halogens is 1. The Balaban J connectivity index is 1.67. The van der Waals surface area contributed by atoms with Crippen LogP contribution in [0.25, 0.3) is 0 Å². The van der Waals surface area contributed by atoms with Crippen LogP contribution in [-0.4, -0.2) is 39.5 Å². The van der Waals surface area contributed by atoms with E-state index in [1.165, 1.54) is 0 Å². The molecular weight excluding hydrogens is 390 g/mol. The van der Waals surface area contributed by atoms with Gasteiger partial charge in [-0.2, -0.15) is 16.9 Å². The summed E-state index contributed by atoms with van der Waals surface area (Å²) < 4.78 is 8.54. The zero-order chi connectivity index (χ0) is 16.7. The summed E-state index contributed by atoms with van der Waals surface area (Å²) in [7, 11) is 1.87. The average Bonchev–Trinajstić information content (AvgIpc) is 2.76. The number of fused-ring (bicyclic) bond motifs is 2. The number of amides is 1. The molecule has 4 rings (SSSR count). The van der Waals surface area contributed by atoms with Crippen molar-refractivity contribution in [3.63, 3.8) is 0 Å². The third-order valence-electron chi connectivity index (χ3n) is 4.47. The molecule has 1 aromatic heterocycles. The quantitative estimate of drug-likeness (QED) is 0.728. The van der Waals surface area contributed by atoms with Crippen molar-refractivity contribution in [2.45, 2.75) is 18.7 Å². The number of benzene rings is 1. The highest BCUT2D eigenvalue weighted by Crippen LogP contribution is 2.33. The molecule has 0 bridgehead atoms. The number of carbonyl (C=O) groups is 1. The lowest BCUT2D eigenvalue weighted by Gasteiger charge is -2.21. The molecule has 0 fully saturated rings. The van der Waals surface area contributed by atoms with Crippen LogP contribution >= 0.6 is 27.7 Å². The van der Waals surface area contributed by atoms with Gasteiger partial charge in [-0.25, -0.2) is 0 Å². The highest BCUT2D eigenvalue weighted by Gasteiger charge is 2.29. The van der Waals surface area contributed by atoms with E-state index >= 15 is 0 Å². The van der Waals surface area contributed by atoms with Crippen LogP contribution < -0.4 is 4.74 Å². The lowest BCUT2D eigenvalue weighted by Crippen LogP contribution is -2.34. The zero-order valence-corrected chi connectivity index (χ0v) is 15.8. The van der Waals surface area contributed by atoms with E-state index in [0.29, 0.717) is 19.7 Å². The molecule has 0 atom stereocenters. The molecule has 0 N–H and O–H groups in total. The van der Waals surface area contributed by atoms with E-state index in [4.69, 9.17) is 4.74 Å². The van der Waals surface area contributed by atoms with Crippen molar-refractivity contribution < 1.29 is 9.53 Å². The molecule has 24 heavy (non-hydrogen) atoms. The van der Waals surface area contributed by atoms with Gasteiger partial charge in [0, 0.05) is 36.9 Å². The van der Waals surface area contributed by atoms with Gasteiger partial charge in [0.15, 0.2) is 0 Å². The van der Waals surface area contributed by atoms with Crippen molar-refractivity contribution in [2.75, 3.05) is 18.9 Å². The number of aryl methyl sites for hydroxylation is 2. The first-order valence-electron chi connectivity index (χ1n) is 7.97. The first-order chi connectivity index (χ1) is 11.6. The standard InChI is InChI=1S/C17H18BrN3O2S/c1-20-15(12-10-24-8-5-14(12)19-20)17(22)21-6-7-23-16-11(9-21)3-2-4-13(16)18/h2-4H,5-10H2,1H3. The number of rotatable bonds is 1. The molecule has 126 valence electrons. The Hall–Kier alpha value is -1.47. The lowest BCUT2D eigenvalue weighted by atomic mass is 10.1. The summed E-state index contributed by atoms with van der Waals surface area (Å²) in [5, 5.41) is 4.57. The van der Waals surface area contributed by atoms with Crippen molar-refractivity contribution in [1.82, 2.24) is 14.7 Å². The normalized spacial score (nSPS) is 16.8. The lowest BCUT2D eigenvalue weighted by molar-refractivity contribution is 0.0721. The Morgan fingerprint density at radius 3 is 3.17 bits per heavy atom. The number of hydrogen-bond acceptors (Lipinski definition) is 4. The van der Waals surface area contributed by atoms with E-state index in [1.807, 2.05) is 41.9 Å². The smallest absolute Gasteiger partial charge is 0.272 e. The molecule has 0 unspecified atom stereocenters. The van der Waals surface area contributed by atoms with E-state index in [0.717, 1.165) is 50.7 Å². The summed E-state index contributed by atoms with van der Waals surface area (Å²) in [5.41, 5.74) is 3.95. The van der Waals surface area contributed by atoms with Crippen molar-refractivity contribution in [1.29, 1.82) is 0 Å². The van der Waals surface area contributed by atoms with Crippen LogP contribution in [0.5, 0.6) is 5.75 Å². The number of aromatic nitrogens is 2. The van der Waals surface area contributed by atoms with Crippen LogP contribution in [0.4, 0.5) is 0 Å². The summed E-state index contributed by atoms with van der Waals surface area (Å²) in [6, 6.07) is 5.95. The van der Waals surface area contributed by atoms with E-state index in [9.17, 15) is 4.79 Å². The zero-order valence-electron chi connectivity index (χ0n) is 13.4. The molecule has 2 aromatic rings. The van der Waals surface area contributed by atoms with Gasteiger partial charge in [-0.15, -0.1) is 0 Å². The van der Waals surface area contributed by atoms with E-state index in [-0.39, 0.29) is 5.91 Å². The second-order valence-electron chi connectivity index (χ2n) is 6.00. The van der Waals surface area contributed by atoms with Gasteiger partial charge in [-0.1, -0.05) is 12.1 Å². The Bertz CT molecular complexity index is 805. The Labute approximate surface area is 153 Å². The summed E-state index contributed by atoms with van der Waals surface area (Å²) >= 11 is 5.40. The van der Waals surface area contributed by atoms with E-state index in [2.05, 4.69) is 21.0 Å². The predicted octanol–water partition coefficient (Wildman–Crippen LogP) is 3.01. The number of para-hydroxylation sites is 1. The average molecular weight is 408 g/mol. The number of carbonyl (C=O) groups excluding carboxylic acids is 1. The molecule has 0 saturated carbocycles. The van der Waals surface area contributed by atoms with Crippen LogP contribution in [0.3, 0.4) is 0 Å². The molecule has 7 heteroatoms. The second-order valence-corrected chi connectivity index (χ2v) is 7.96. The SMILES string of the molecule is Cn1nc2c(c1C(=O)N1CCOc3c(Br)cccc3C1)CSCC2. The monoisotopic (exact) mass is 407 g/mol. The van der Waals surface area contributed by atoms with Gasteiger partial charge in [0.25, 0.3) is 5.91 Å². The molecule has 1 aromatic carbocycles. The van der Waals surface area contributed by atoms with Gasteiger partial charge in [-0.05, 0) is 27.7 Å². The summed E-state index contributed by atoms with van der Waals surface area (Å²) in [5.74, 6) is 2.84. The fraction of sp³-hybridized carbons (Fsp3) is 0.412. The van der Waals surface area contributed by atoms with Gasteiger partial charge < -0.3 is 9.64 Å². The third kappa shape index (κ3) is 2.73. The molecular formula is C17H18BrN3O2S. The van der Waals surface area contributed by atoms with Crippen LogP contribution in [0.15, 0.2) is 22.7 Å². The van der Waals surface area contributed by atoms with Crippen LogP contribution in [-0.2, 0) is 25.8 Å². The number of nitrogens with zero attached hydrogens (tertiary/aromatic N) is 3. The Kier molecular flexibility index (Phi) is 4.30. The maximum absolute atomic E-state index is 13.2. The Morgan fingerprint density at radius 2 is 2.29 bits per heavy atom. The van der Waals surface area contributed by atoms with Crippen LogP contribution in [0, 0.1) is 0 Å². The van der Waals surface area contributed by atoms with Crippen LogP contribution in [0.2, 0.25) is 0 Å². The molecule has 0 aliphatic carbocycles. The third-order valence-corrected chi connectivity index (χ3v) is 6.08. The highest BCUT2D eigenvalue weighted by atomic mass is 79.9. The maximum atomic E-state index is 13.2. The minimum atomic E-state index is 0.0465. The van der Waals surface area contributed by atoms with Gasteiger partial charge in [0.1, 0.15) is 18.1 Å². The summed E-state index contributed by atoms with van der Waals surface area (Å²) in [6.45, 7) is 1.63. The van der Waals surface area contributed by atoms with Gasteiger partial charge >= 0.3 is 0 Å². The van der Waals surface area contributed by atoms with Gasteiger partial charge in [0.2, 0.25) is 0 Å². The first-order valence-corrected chi connectivity index (χ1v) is 9.92. The van der Waals surface area contributed by atoms with Crippen molar-refractivity contribution in [3.05, 3.63) is 45.2 Å². The molecule has 0 spiro atoms. The molecule has 1 amide bonds. The maximum Gasteiger partial charge on any atom is 0.272 e. The molecule has 0 radical (unpaired) electrons. The topological polar surface area (TPSA) is 47.4 Å². The van der Waals surface area contributed by atoms with E-state index < -0.39 is 0 Å². The molecule has 3 heterocycles. The van der Waals surface area contributed by atoms with E-state index in [1.54, 1.807) is 4.68 Å². The number of hydrogen-bond donors (Lipinski definition) is 0. The molecule has 5 nitrogen and oxygen atoms in total. The van der Waals surface area contributed by atoms with Gasteiger partial charge in [0.05, 0.1) is 16.7 Å². The predicted molar refractivity (Wildman–Crippen MR) is 97.5 cm³/mol. The number of thioether (sulfide) groups is 1. The van der Waals surface area contributed by atoms with Crippen molar-refractivity contribution in [3.8, 4) is 5.75 Å². The second kappa shape index (κ2) is 6.44. The van der Waals surface area contributed by atoms with Crippen LogP contribution in [0.1, 0.15) is 27.3 Å². The van der Waals surface area contributed by atoms with Crippen molar-refractivity contribution in [2.24, 2.45) is 7.05 Å². The van der Waals surface area contributed by atoms with Gasteiger partial charge in [-0.3, -0.25) is 9.48 Å². The fourth-order valence-corrected chi connectivity index (χ4v) is 4.80. The molecule has 2 aliphatic rings. The van der Waals surface area contributed by atoms with Crippen molar-refractivity contribution >= 4 is 33.6 Å².